The first-order chi connectivity index (χ1) is 8.67. The molecule has 98 valence electrons. The Labute approximate surface area is 107 Å². The standard InChI is InChI=1S/C13H20N4O/c14-11-4-7-15-12(16-11)17-8-6-13(18)5-2-1-3-10(13)9-17/h4,7,10,18H,1-3,5-6,8-9H2,(H2,14,15,16). The highest BCUT2D eigenvalue weighted by Gasteiger charge is 2.43. The Bertz CT molecular complexity index is 439. The minimum Gasteiger partial charge on any atom is -0.389 e. The first-order valence-corrected chi connectivity index (χ1v) is 6.73. The van der Waals surface area contributed by atoms with Crippen LogP contribution >= 0.6 is 0 Å². The van der Waals surface area contributed by atoms with Crippen LogP contribution in [-0.2, 0) is 0 Å². The summed E-state index contributed by atoms with van der Waals surface area (Å²) < 4.78 is 0. The molecule has 0 bridgehead atoms. The summed E-state index contributed by atoms with van der Waals surface area (Å²) in [6, 6.07) is 1.70. The van der Waals surface area contributed by atoms with Gasteiger partial charge in [-0.15, -0.1) is 0 Å². The Morgan fingerprint density at radius 1 is 1.39 bits per heavy atom. The van der Waals surface area contributed by atoms with E-state index >= 15 is 0 Å². The molecule has 2 unspecified atom stereocenters. The first-order valence-electron chi connectivity index (χ1n) is 6.73. The highest BCUT2D eigenvalue weighted by molar-refractivity contribution is 5.38. The van der Waals surface area contributed by atoms with Crippen LogP contribution in [0, 0.1) is 5.92 Å². The summed E-state index contributed by atoms with van der Waals surface area (Å²) in [6.45, 7) is 1.66. The highest BCUT2D eigenvalue weighted by Crippen LogP contribution is 2.40. The lowest BCUT2D eigenvalue weighted by molar-refractivity contribution is -0.0614. The third-order valence-electron chi connectivity index (χ3n) is 4.37. The average molecular weight is 248 g/mol. The zero-order valence-electron chi connectivity index (χ0n) is 10.5. The van der Waals surface area contributed by atoms with Crippen LogP contribution in [-0.4, -0.2) is 33.8 Å². The van der Waals surface area contributed by atoms with Gasteiger partial charge in [-0.1, -0.05) is 12.8 Å². The van der Waals surface area contributed by atoms with E-state index in [9.17, 15) is 5.11 Å². The highest BCUT2D eigenvalue weighted by atomic mass is 16.3. The van der Waals surface area contributed by atoms with Gasteiger partial charge in [-0.3, -0.25) is 0 Å². The van der Waals surface area contributed by atoms with Gasteiger partial charge in [0.2, 0.25) is 5.95 Å². The van der Waals surface area contributed by atoms with Crippen LogP contribution in [0.4, 0.5) is 11.8 Å². The Kier molecular flexibility index (Phi) is 2.86. The summed E-state index contributed by atoms with van der Waals surface area (Å²) in [4.78, 5) is 10.7. The molecule has 0 spiro atoms. The van der Waals surface area contributed by atoms with Crippen molar-refractivity contribution >= 4 is 11.8 Å². The summed E-state index contributed by atoms with van der Waals surface area (Å²) in [6.07, 6.45) is 6.94. The normalized spacial score (nSPS) is 32.1. The number of aromatic nitrogens is 2. The number of rotatable bonds is 1. The molecule has 3 rings (SSSR count). The van der Waals surface area contributed by atoms with Gasteiger partial charge in [0, 0.05) is 25.2 Å². The van der Waals surface area contributed by atoms with Gasteiger partial charge in [0.1, 0.15) is 5.82 Å². The summed E-state index contributed by atoms with van der Waals surface area (Å²) in [5.41, 5.74) is 5.25. The maximum atomic E-state index is 10.6. The van der Waals surface area contributed by atoms with E-state index < -0.39 is 5.60 Å². The molecule has 2 fully saturated rings. The molecule has 1 aliphatic heterocycles. The van der Waals surface area contributed by atoms with E-state index in [1.807, 2.05) is 0 Å². The fourth-order valence-electron chi connectivity index (χ4n) is 3.27. The van der Waals surface area contributed by atoms with Crippen LogP contribution in [0.5, 0.6) is 0 Å². The van der Waals surface area contributed by atoms with E-state index in [4.69, 9.17) is 5.73 Å². The predicted molar refractivity (Wildman–Crippen MR) is 70.2 cm³/mol. The van der Waals surface area contributed by atoms with Crippen molar-refractivity contribution in [3.05, 3.63) is 12.3 Å². The molecule has 2 atom stereocenters. The molecule has 1 aromatic rings. The molecule has 5 nitrogen and oxygen atoms in total. The van der Waals surface area contributed by atoms with Crippen LogP contribution in [0.2, 0.25) is 0 Å². The van der Waals surface area contributed by atoms with Gasteiger partial charge in [0.15, 0.2) is 0 Å². The molecule has 2 heterocycles. The SMILES string of the molecule is Nc1ccnc(N2CCC3(O)CCCCC3C2)n1. The van der Waals surface area contributed by atoms with Gasteiger partial charge in [0.05, 0.1) is 5.60 Å². The fourth-order valence-corrected chi connectivity index (χ4v) is 3.27. The van der Waals surface area contributed by atoms with Crippen LogP contribution < -0.4 is 10.6 Å². The Morgan fingerprint density at radius 2 is 2.28 bits per heavy atom. The number of piperidine rings is 1. The fraction of sp³-hybridized carbons (Fsp3) is 0.692. The minimum absolute atomic E-state index is 0.352. The summed E-state index contributed by atoms with van der Waals surface area (Å²) in [7, 11) is 0. The maximum absolute atomic E-state index is 10.6. The second-order valence-electron chi connectivity index (χ2n) is 5.52. The molecule has 18 heavy (non-hydrogen) atoms. The number of nitrogens with two attached hydrogens (primary N) is 1. The molecular formula is C13H20N4O. The van der Waals surface area contributed by atoms with E-state index in [1.54, 1.807) is 12.3 Å². The monoisotopic (exact) mass is 248 g/mol. The number of nitrogen functional groups attached to an aromatic ring is 1. The second-order valence-corrected chi connectivity index (χ2v) is 5.52. The van der Waals surface area contributed by atoms with E-state index in [0.29, 0.717) is 17.7 Å². The van der Waals surface area contributed by atoms with Crippen molar-refractivity contribution < 1.29 is 5.11 Å². The number of hydrogen-bond donors (Lipinski definition) is 2. The largest absolute Gasteiger partial charge is 0.389 e. The van der Waals surface area contributed by atoms with Crippen molar-refractivity contribution in [1.29, 1.82) is 0 Å². The van der Waals surface area contributed by atoms with Gasteiger partial charge in [-0.2, -0.15) is 4.98 Å². The van der Waals surface area contributed by atoms with Crippen LogP contribution in [0.1, 0.15) is 32.1 Å². The zero-order valence-corrected chi connectivity index (χ0v) is 10.5. The quantitative estimate of drug-likeness (QED) is 0.781. The van der Waals surface area contributed by atoms with Gasteiger partial charge in [0.25, 0.3) is 0 Å². The van der Waals surface area contributed by atoms with Crippen LogP contribution in [0.15, 0.2) is 12.3 Å². The van der Waals surface area contributed by atoms with Gasteiger partial charge in [-0.05, 0) is 25.3 Å². The zero-order chi connectivity index (χ0) is 12.6. The molecular weight excluding hydrogens is 228 g/mol. The van der Waals surface area contributed by atoms with E-state index in [1.165, 1.54) is 6.42 Å². The van der Waals surface area contributed by atoms with E-state index in [0.717, 1.165) is 38.8 Å². The summed E-state index contributed by atoms with van der Waals surface area (Å²) >= 11 is 0. The lowest BCUT2D eigenvalue weighted by atomic mass is 9.71. The molecule has 0 aromatic carbocycles. The summed E-state index contributed by atoms with van der Waals surface area (Å²) in [5, 5.41) is 10.6. The van der Waals surface area contributed by atoms with Crippen molar-refractivity contribution in [3.8, 4) is 0 Å². The Hall–Kier alpha value is -1.36. The summed E-state index contributed by atoms with van der Waals surface area (Å²) in [5.74, 6) is 1.55. The third kappa shape index (κ3) is 2.03. The number of fused-ring (bicyclic) bond motifs is 1. The third-order valence-corrected chi connectivity index (χ3v) is 4.37. The number of nitrogens with zero attached hydrogens (tertiary/aromatic N) is 3. The molecule has 1 saturated heterocycles. The molecule has 5 heteroatoms. The lowest BCUT2D eigenvalue weighted by Gasteiger charge is -2.47. The Balaban J connectivity index is 1.77. The molecule has 2 aliphatic rings. The lowest BCUT2D eigenvalue weighted by Crippen LogP contribution is -2.53. The molecule has 3 N–H and O–H groups in total. The molecule has 0 radical (unpaired) electrons. The van der Waals surface area contributed by atoms with Gasteiger partial charge < -0.3 is 15.7 Å². The molecule has 1 aromatic heterocycles. The molecule has 1 saturated carbocycles. The van der Waals surface area contributed by atoms with Gasteiger partial charge in [-0.25, -0.2) is 4.98 Å². The van der Waals surface area contributed by atoms with Crippen molar-refractivity contribution in [2.75, 3.05) is 23.7 Å². The number of aliphatic hydroxyl groups is 1. The predicted octanol–water partition coefficient (Wildman–Crippen LogP) is 1.19. The molecule has 1 aliphatic carbocycles. The molecule has 0 amide bonds. The Morgan fingerprint density at radius 3 is 3.11 bits per heavy atom. The maximum Gasteiger partial charge on any atom is 0.227 e. The van der Waals surface area contributed by atoms with E-state index in [2.05, 4.69) is 14.9 Å². The average Bonchev–Trinajstić information content (AvgIpc) is 2.37. The first kappa shape index (κ1) is 11.7. The van der Waals surface area contributed by atoms with Crippen molar-refractivity contribution in [1.82, 2.24) is 9.97 Å². The smallest absolute Gasteiger partial charge is 0.227 e. The van der Waals surface area contributed by atoms with Crippen molar-refractivity contribution in [2.24, 2.45) is 5.92 Å². The minimum atomic E-state index is -0.449. The van der Waals surface area contributed by atoms with E-state index in [-0.39, 0.29) is 0 Å². The van der Waals surface area contributed by atoms with Gasteiger partial charge >= 0.3 is 0 Å². The van der Waals surface area contributed by atoms with Crippen LogP contribution in [0.25, 0.3) is 0 Å². The van der Waals surface area contributed by atoms with Crippen LogP contribution in [0.3, 0.4) is 0 Å². The van der Waals surface area contributed by atoms with Crippen molar-refractivity contribution in [2.45, 2.75) is 37.7 Å². The number of hydrogen-bond acceptors (Lipinski definition) is 5. The topological polar surface area (TPSA) is 75.3 Å². The second kappa shape index (κ2) is 4.39. The van der Waals surface area contributed by atoms with Crippen molar-refractivity contribution in [3.63, 3.8) is 0 Å². The number of anilines is 2.